The van der Waals surface area contributed by atoms with E-state index in [4.69, 9.17) is 28.3 Å². The van der Waals surface area contributed by atoms with Gasteiger partial charge in [0.05, 0.1) is 40.0 Å². The van der Waals surface area contributed by atoms with E-state index >= 15 is 0 Å². The number of fused-ring (bicyclic) bond motifs is 2. The highest BCUT2D eigenvalue weighted by Crippen LogP contribution is 2.45. The van der Waals surface area contributed by atoms with Crippen molar-refractivity contribution in [1.29, 1.82) is 0 Å². The molecule has 0 aromatic heterocycles. The maximum absolute atomic E-state index is 12.8. The Hall–Kier alpha value is -1.89. The molecule has 13 heteroatoms. The monoisotopic (exact) mass is 856 g/mol. The number of esters is 2. The number of carbonyl (C=O) groups is 2. The van der Waals surface area contributed by atoms with Crippen LogP contribution in [0.25, 0.3) is 0 Å². The molecule has 2 fully saturated rings. The van der Waals surface area contributed by atoms with Crippen LogP contribution in [-0.2, 0) is 42.5 Å². The van der Waals surface area contributed by atoms with Crippen LogP contribution in [0.5, 0.6) is 0 Å². The van der Waals surface area contributed by atoms with Gasteiger partial charge in [-0.2, -0.15) is 0 Å². The van der Waals surface area contributed by atoms with E-state index in [0.717, 1.165) is 70.6 Å². The molecule has 1 heterocycles. The summed E-state index contributed by atoms with van der Waals surface area (Å²) >= 11 is 0. The molecule has 0 radical (unpaired) electrons. The van der Waals surface area contributed by atoms with Crippen molar-refractivity contribution in [3.63, 3.8) is 0 Å². The zero-order valence-corrected chi connectivity index (χ0v) is 38.3. The highest BCUT2D eigenvalue weighted by Gasteiger charge is 2.49. The Balaban J connectivity index is 1.73. The first-order valence-corrected chi connectivity index (χ1v) is 24.5. The number of allylic oxidation sites excluding steroid dienone is 4. The summed E-state index contributed by atoms with van der Waals surface area (Å²) in [5.41, 5.74) is 0. The number of hydrogen-bond acceptors (Lipinski definition) is 11. The van der Waals surface area contributed by atoms with Crippen LogP contribution in [0.2, 0.25) is 0 Å². The van der Waals surface area contributed by atoms with Gasteiger partial charge in [0.2, 0.25) is 0 Å². The number of aliphatic hydroxyl groups excluding tert-OH is 1. The number of ether oxygens (including phenoxy) is 2. The average molecular weight is 856 g/mol. The summed E-state index contributed by atoms with van der Waals surface area (Å²) < 4.78 is 34.0. The minimum Gasteiger partial charge on any atom is -0.756 e. The first-order chi connectivity index (χ1) is 28.3. The molecular weight excluding hydrogens is 773 g/mol. The fraction of sp³-hybridized carbons (Fsp3) is 0.826. The first kappa shape index (κ1) is 53.2. The van der Waals surface area contributed by atoms with Crippen molar-refractivity contribution in [2.24, 2.45) is 11.8 Å². The molecule has 1 N–H and O–H groups in total. The lowest BCUT2D eigenvalue weighted by atomic mass is 9.89. The highest BCUT2D eigenvalue weighted by atomic mass is 31.2. The van der Waals surface area contributed by atoms with Gasteiger partial charge in [0.15, 0.2) is 6.10 Å². The van der Waals surface area contributed by atoms with E-state index in [1.54, 1.807) is 0 Å². The van der Waals surface area contributed by atoms with Gasteiger partial charge in [-0.15, -0.1) is 0 Å². The van der Waals surface area contributed by atoms with E-state index in [9.17, 15) is 24.2 Å². The second kappa shape index (κ2) is 31.9. The van der Waals surface area contributed by atoms with E-state index in [1.807, 2.05) is 33.3 Å². The number of carbonyl (C=O) groups excluding carboxylic acids is 2. The number of unbranched alkanes of at least 4 members (excludes halogenated alkanes) is 14. The Morgan fingerprint density at radius 1 is 0.763 bits per heavy atom. The van der Waals surface area contributed by atoms with Crippen molar-refractivity contribution >= 4 is 19.8 Å². The third-order valence-corrected chi connectivity index (χ3v) is 11.9. The van der Waals surface area contributed by atoms with Crippen LogP contribution < -0.4 is 4.89 Å². The molecule has 12 nitrogen and oxygen atoms in total. The SMILES string of the molecule is CCCCCCCC/C=C\CCCCCCCC(=O)OCC(COP(=O)([O-])OCC[N+](C)(C)C)OC(=O)CCC/C=C\CC1C2CC(OO2)C1/C=C/C(O)CCCCC. The lowest BCUT2D eigenvalue weighted by Gasteiger charge is -2.28. The number of likely N-dealkylation sites (N-methyl/N-ethyl adjacent to an activating group) is 1. The molecular formula is C46H82NO11P. The maximum atomic E-state index is 12.8. The van der Waals surface area contributed by atoms with Gasteiger partial charge in [0.1, 0.15) is 25.9 Å². The van der Waals surface area contributed by atoms with Gasteiger partial charge in [-0.25, -0.2) is 9.78 Å². The van der Waals surface area contributed by atoms with Crippen molar-refractivity contribution in [2.45, 2.75) is 186 Å². The predicted molar refractivity (Wildman–Crippen MR) is 231 cm³/mol. The fourth-order valence-electron chi connectivity index (χ4n) is 7.31. The molecule has 2 bridgehead atoms. The van der Waals surface area contributed by atoms with E-state index in [-0.39, 0.29) is 50.1 Å². The van der Waals surface area contributed by atoms with Gasteiger partial charge < -0.3 is 33.0 Å². The van der Waals surface area contributed by atoms with E-state index in [2.05, 4.69) is 38.2 Å². The van der Waals surface area contributed by atoms with Crippen LogP contribution in [0.3, 0.4) is 0 Å². The second-order valence-electron chi connectivity index (χ2n) is 17.5. The van der Waals surface area contributed by atoms with Crippen molar-refractivity contribution in [2.75, 3.05) is 47.5 Å². The Morgan fingerprint density at radius 3 is 2.05 bits per heavy atom. The topological polar surface area (TPSA) is 150 Å². The van der Waals surface area contributed by atoms with Crippen molar-refractivity contribution < 1.29 is 56.9 Å². The lowest BCUT2D eigenvalue weighted by molar-refractivity contribution is -0.870. The Morgan fingerprint density at radius 2 is 1.36 bits per heavy atom. The summed E-state index contributed by atoms with van der Waals surface area (Å²) in [6.45, 7) is 3.95. The van der Waals surface area contributed by atoms with Gasteiger partial charge in [0, 0.05) is 31.1 Å². The number of aliphatic hydroxyl groups is 1. The van der Waals surface area contributed by atoms with Crippen LogP contribution in [0.1, 0.15) is 162 Å². The van der Waals surface area contributed by atoms with Crippen molar-refractivity contribution in [3.8, 4) is 0 Å². The Bertz CT molecular complexity index is 1250. The highest BCUT2D eigenvalue weighted by molar-refractivity contribution is 7.45. The molecule has 1 aliphatic heterocycles. The summed E-state index contributed by atoms with van der Waals surface area (Å²) in [7, 11) is 1.07. The number of rotatable bonds is 37. The van der Waals surface area contributed by atoms with Crippen LogP contribution in [0.4, 0.5) is 0 Å². The van der Waals surface area contributed by atoms with E-state index < -0.39 is 38.6 Å². The number of phosphoric acid groups is 1. The number of phosphoric ester groups is 1. The summed E-state index contributed by atoms with van der Waals surface area (Å²) in [5, 5.41) is 10.4. The Labute approximate surface area is 357 Å². The van der Waals surface area contributed by atoms with Crippen LogP contribution in [-0.4, -0.2) is 93.5 Å². The lowest BCUT2D eigenvalue weighted by Crippen LogP contribution is -2.37. The Kier molecular flexibility index (Phi) is 28.8. The smallest absolute Gasteiger partial charge is 0.306 e. The van der Waals surface area contributed by atoms with Gasteiger partial charge in [0.25, 0.3) is 7.82 Å². The average Bonchev–Trinajstić information content (AvgIpc) is 3.79. The van der Waals surface area contributed by atoms with Crippen LogP contribution in [0, 0.1) is 11.8 Å². The number of hydrogen-bond donors (Lipinski definition) is 1. The van der Waals surface area contributed by atoms with E-state index in [1.165, 1.54) is 44.9 Å². The third kappa shape index (κ3) is 26.9. The fourth-order valence-corrected chi connectivity index (χ4v) is 8.03. The largest absolute Gasteiger partial charge is 0.756 e. The van der Waals surface area contributed by atoms with Crippen LogP contribution >= 0.6 is 7.82 Å². The summed E-state index contributed by atoms with van der Waals surface area (Å²) in [4.78, 5) is 48.8. The molecule has 7 atom stereocenters. The molecule has 0 amide bonds. The molecule has 2 rings (SSSR count). The van der Waals surface area contributed by atoms with Crippen LogP contribution in [0.15, 0.2) is 36.5 Å². The van der Waals surface area contributed by atoms with Gasteiger partial charge in [-0.3, -0.25) is 14.2 Å². The predicted octanol–water partition coefficient (Wildman–Crippen LogP) is 9.64. The van der Waals surface area contributed by atoms with Crippen molar-refractivity contribution in [1.82, 2.24) is 0 Å². The molecule has 0 aromatic carbocycles. The summed E-state index contributed by atoms with van der Waals surface area (Å²) in [5.74, 6) is -0.528. The van der Waals surface area contributed by atoms with Crippen molar-refractivity contribution in [3.05, 3.63) is 36.5 Å². The third-order valence-electron chi connectivity index (χ3n) is 11.0. The minimum atomic E-state index is -4.68. The molecule has 1 saturated heterocycles. The quantitative estimate of drug-likeness (QED) is 0.0159. The molecule has 1 saturated carbocycles. The summed E-state index contributed by atoms with van der Waals surface area (Å²) in [6, 6.07) is 0. The summed E-state index contributed by atoms with van der Waals surface area (Å²) in [6.07, 6.45) is 33.5. The van der Waals surface area contributed by atoms with Gasteiger partial charge >= 0.3 is 11.9 Å². The molecule has 0 spiro atoms. The standard InChI is InChI=1S/C46H82NO11P/c1-6-8-10-11-12-13-14-15-16-17-18-19-20-21-26-30-45(49)53-37-40(38-55-59(51,52)54-35-34-47(3,4)5)56-46(50)31-27-23-22-25-29-41-42(44-36-43(41)57-58-44)33-32-39(48)28-24-9-7-2/h15-16,22,25,32-33,39-44,48H,6-14,17-21,23-24,26-31,34-38H2,1-5H3/b16-15-,25-22-,33-32+. The normalized spacial score (nSPS) is 21.5. The second-order valence-corrected chi connectivity index (χ2v) is 18.9. The zero-order valence-electron chi connectivity index (χ0n) is 37.4. The molecule has 59 heavy (non-hydrogen) atoms. The van der Waals surface area contributed by atoms with Gasteiger partial charge in [-0.1, -0.05) is 121 Å². The number of quaternary nitrogens is 1. The minimum absolute atomic E-state index is 0.000231. The molecule has 0 aromatic rings. The zero-order chi connectivity index (χ0) is 43.2. The van der Waals surface area contributed by atoms with Gasteiger partial charge in [-0.05, 0) is 57.8 Å². The molecule has 342 valence electrons. The molecule has 1 aliphatic carbocycles. The van der Waals surface area contributed by atoms with E-state index in [0.29, 0.717) is 30.3 Å². The number of nitrogens with zero attached hydrogens (tertiary/aromatic N) is 1. The maximum Gasteiger partial charge on any atom is 0.306 e. The molecule has 7 unspecified atom stereocenters. The first-order valence-electron chi connectivity index (χ1n) is 23.1. The molecule has 2 aliphatic rings.